The summed E-state index contributed by atoms with van der Waals surface area (Å²) in [4.78, 5) is 15.2. The summed E-state index contributed by atoms with van der Waals surface area (Å²) >= 11 is 0. The molecule has 0 aromatic carbocycles. The number of ether oxygens (including phenoxy) is 1. The fourth-order valence-electron chi connectivity index (χ4n) is 4.00. The second-order valence-corrected chi connectivity index (χ2v) is 5.97. The van der Waals surface area contributed by atoms with Gasteiger partial charge in [0.15, 0.2) is 0 Å². The second kappa shape index (κ2) is 4.37. The van der Waals surface area contributed by atoms with E-state index < -0.39 is 0 Å². The van der Waals surface area contributed by atoms with Crippen LogP contribution in [0, 0.1) is 11.8 Å². The van der Waals surface area contributed by atoms with E-state index in [4.69, 9.17) is 4.74 Å². The monoisotopic (exact) mass is 269 g/mol. The number of H-pyrrole nitrogens is 1. The Hall–Kier alpha value is -1.77. The summed E-state index contributed by atoms with van der Waals surface area (Å²) in [5.74, 6) is 1.03. The SMILES string of the molecule is CCOC(=O)c1[nH]cc2c1CC1=C(C2)[C@@H]2C=C[C@H]1CC2. The summed E-state index contributed by atoms with van der Waals surface area (Å²) in [5, 5.41) is 0. The molecule has 1 N–H and O–H groups in total. The predicted molar refractivity (Wildman–Crippen MR) is 76.5 cm³/mol. The van der Waals surface area contributed by atoms with Crippen molar-refractivity contribution in [3.05, 3.63) is 46.3 Å². The van der Waals surface area contributed by atoms with Gasteiger partial charge in [-0.15, -0.1) is 0 Å². The molecule has 104 valence electrons. The Bertz CT molecular complexity index is 635. The number of esters is 1. The van der Waals surface area contributed by atoms with Crippen molar-refractivity contribution in [1.29, 1.82) is 0 Å². The topological polar surface area (TPSA) is 42.1 Å². The lowest BCUT2D eigenvalue weighted by molar-refractivity contribution is 0.0519. The van der Waals surface area contributed by atoms with Crippen molar-refractivity contribution in [3.63, 3.8) is 0 Å². The lowest BCUT2D eigenvalue weighted by atomic mass is 9.66. The molecule has 0 amide bonds. The van der Waals surface area contributed by atoms with E-state index in [0.717, 1.165) is 12.8 Å². The first-order chi connectivity index (χ1) is 9.78. The van der Waals surface area contributed by atoms with E-state index in [9.17, 15) is 4.79 Å². The number of rotatable bonds is 2. The summed E-state index contributed by atoms with van der Waals surface area (Å²) in [6, 6.07) is 0. The molecule has 0 saturated carbocycles. The third kappa shape index (κ3) is 1.62. The van der Waals surface area contributed by atoms with Crippen LogP contribution in [0.2, 0.25) is 0 Å². The normalized spacial score (nSPS) is 26.4. The van der Waals surface area contributed by atoms with Crippen LogP contribution in [0.15, 0.2) is 29.5 Å². The van der Waals surface area contributed by atoms with Gasteiger partial charge in [0.2, 0.25) is 0 Å². The number of hydrogen-bond acceptors (Lipinski definition) is 2. The number of aromatic nitrogens is 1. The van der Waals surface area contributed by atoms with Gasteiger partial charge in [-0.2, -0.15) is 0 Å². The number of fused-ring (bicyclic) bond motifs is 2. The summed E-state index contributed by atoms with van der Waals surface area (Å²) in [5.41, 5.74) is 6.31. The van der Waals surface area contributed by atoms with Crippen LogP contribution in [0.25, 0.3) is 0 Å². The largest absolute Gasteiger partial charge is 0.461 e. The minimum absolute atomic E-state index is 0.214. The van der Waals surface area contributed by atoms with Crippen LogP contribution < -0.4 is 0 Å². The van der Waals surface area contributed by atoms with Gasteiger partial charge >= 0.3 is 5.97 Å². The summed E-state index contributed by atoms with van der Waals surface area (Å²) in [6.45, 7) is 2.27. The lowest BCUT2D eigenvalue weighted by Gasteiger charge is -2.38. The molecule has 1 aromatic heterocycles. The van der Waals surface area contributed by atoms with E-state index in [2.05, 4.69) is 17.1 Å². The van der Waals surface area contributed by atoms with E-state index in [-0.39, 0.29) is 5.97 Å². The Kier molecular flexibility index (Phi) is 2.62. The Morgan fingerprint density at radius 3 is 2.60 bits per heavy atom. The average Bonchev–Trinajstić information content (AvgIpc) is 2.90. The molecule has 0 aliphatic heterocycles. The zero-order valence-corrected chi connectivity index (χ0v) is 11.7. The van der Waals surface area contributed by atoms with Gasteiger partial charge in [0.25, 0.3) is 0 Å². The highest BCUT2D eigenvalue weighted by Crippen LogP contribution is 2.46. The quantitative estimate of drug-likeness (QED) is 0.662. The molecule has 1 aromatic rings. The molecule has 4 aliphatic rings. The van der Waals surface area contributed by atoms with Crippen LogP contribution in [0.5, 0.6) is 0 Å². The van der Waals surface area contributed by atoms with Crippen LogP contribution in [-0.2, 0) is 17.6 Å². The Morgan fingerprint density at radius 1 is 1.25 bits per heavy atom. The lowest BCUT2D eigenvalue weighted by Crippen LogP contribution is -2.27. The van der Waals surface area contributed by atoms with Crippen molar-refractivity contribution in [2.75, 3.05) is 6.61 Å². The summed E-state index contributed by atoms with van der Waals surface area (Å²) < 4.78 is 5.15. The Morgan fingerprint density at radius 2 is 1.95 bits per heavy atom. The van der Waals surface area contributed by atoms with E-state index in [1.54, 1.807) is 11.1 Å². The maximum absolute atomic E-state index is 12.0. The molecule has 20 heavy (non-hydrogen) atoms. The molecule has 0 fully saturated rings. The minimum Gasteiger partial charge on any atom is -0.461 e. The van der Waals surface area contributed by atoms with Gasteiger partial charge < -0.3 is 9.72 Å². The number of carbonyl (C=O) groups excluding carboxylic acids is 1. The van der Waals surface area contributed by atoms with E-state index in [1.807, 2.05) is 13.1 Å². The molecule has 0 unspecified atom stereocenters. The Balaban J connectivity index is 1.70. The van der Waals surface area contributed by atoms with Crippen LogP contribution in [0.1, 0.15) is 41.4 Å². The molecule has 3 heteroatoms. The minimum atomic E-state index is -0.214. The van der Waals surface area contributed by atoms with Crippen molar-refractivity contribution in [2.45, 2.75) is 32.6 Å². The highest BCUT2D eigenvalue weighted by molar-refractivity contribution is 5.90. The van der Waals surface area contributed by atoms with Gasteiger partial charge in [-0.25, -0.2) is 4.79 Å². The fraction of sp³-hybridized carbons (Fsp3) is 0.471. The fourth-order valence-corrected chi connectivity index (χ4v) is 4.00. The maximum atomic E-state index is 12.0. The van der Waals surface area contributed by atoms with Crippen LogP contribution in [0.3, 0.4) is 0 Å². The zero-order chi connectivity index (χ0) is 13.7. The van der Waals surface area contributed by atoms with E-state index in [1.165, 1.54) is 24.0 Å². The van der Waals surface area contributed by atoms with Gasteiger partial charge in [0, 0.05) is 6.20 Å². The van der Waals surface area contributed by atoms with Crippen molar-refractivity contribution < 1.29 is 9.53 Å². The Labute approximate surface area is 118 Å². The molecule has 3 nitrogen and oxygen atoms in total. The highest BCUT2D eigenvalue weighted by atomic mass is 16.5. The van der Waals surface area contributed by atoms with E-state index >= 15 is 0 Å². The maximum Gasteiger partial charge on any atom is 0.355 e. The van der Waals surface area contributed by atoms with E-state index in [0.29, 0.717) is 24.1 Å². The highest BCUT2D eigenvalue weighted by Gasteiger charge is 2.35. The van der Waals surface area contributed by atoms with Crippen molar-refractivity contribution in [3.8, 4) is 0 Å². The molecular weight excluding hydrogens is 250 g/mol. The number of aromatic amines is 1. The third-order valence-corrected chi connectivity index (χ3v) is 4.98. The van der Waals surface area contributed by atoms with Gasteiger partial charge in [-0.1, -0.05) is 23.3 Å². The summed E-state index contributed by atoms with van der Waals surface area (Å²) in [7, 11) is 0. The number of nitrogens with one attached hydrogen (secondary N) is 1. The van der Waals surface area contributed by atoms with Gasteiger partial charge in [0.1, 0.15) is 5.69 Å². The van der Waals surface area contributed by atoms with Crippen molar-refractivity contribution in [2.24, 2.45) is 11.8 Å². The standard InChI is InChI=1S/C17H19NO2/c1-2-20-17(19)16-15-8-14-11-5-3-10(4-6-11)13(14)7-12(15)9-18-16/h3,5,9-11,18H,2,4,6-8H2,1H3/t10-,11+/m1/s1. The first kappa shape index (κ1) is 12.0. The predicted octanol–water partition coefficient (Wildman–Crippen LogP) is 3.18. The van der Waals surface area contributed by atoms with Crippen LogP contribution >= 0.6 is 0 Å². The zero-order valence-electron chi connectivity index (χ0n) is 11.7. The smallest absolute Gasteiger partial charge is 0.355 e. The van der Waals surface area contributed by atoms with Crippen molar-refractivity contribution >= 4 is 5.97 Å². The van der Waals surface area contributed by atoms with Crippen LogP contribution in [-0.4, -0.2) is 17.6 Å². The molecule has 2 atom stereocenters. The molecule has 1 heterocycles. The van der Waals surface area contributed by atoms with Crippen molar-refractivity contribution in [1.82, 2.24) is 4.98 Å². The molecule has 0 saturated heterocycles. The van der Waals surface area contributed by atoms with Crippen LogP contribution in [0.4, 0.5) is 0 Å². The molecule has 0 spiro atoms. The molecule has 5 rings (SSSR count). The molecule has 0 radical (unpaired) electrons. The van der Waals surface area contributed by atoms with Gasteiger partial charge in [0.05, 0.1) is 6.61 Å². The molecular formula is C17H19NO2. The van der Waals surface area contributed by atoms with Gasteiger partial charge in [-0.3, -0.25) is 0 Å². The van der Waals surface area contributed by atoms with Gasteiger partial charge in [-0.05, 0) is 55.6 Å². The second-order valence-electron chi connectivity index (χ2n) is 5.97. The first-order valence-electron chi connectivity index (χ1n) is 7.54. The number of allylic oxidation sites excluding steroid dienone is 4. The molecule has 4 aliphatic carbocycles. The first-order valence-corrected chi connectivity index (χ1v) is 7.54. The molecule has 2 bridgehead atoms. The summed E-state index contributed by atoms with van der Waals surface area (Å²) in [6.07, 6.45) is 11.3. The number of carbonyl (C=O) groups is 1. The third-order valence-electron chi connectivity index (χ3n) is 4.98. The average molecular weight is 269 g/mol. The number of hydrogen-bond donors (Lipinski definition) is 1.